The van der Waals surface area contributed by atoms with Gasteiger partial charge in [-0.1, -0.05) is 36.7 Å². The smallest absolute Gasteiger partial charge is 0.0636 e. The van der Waals surface area contributed by atoms with Crippen LogP contribution < -0.4 is 5.32 Å². The minimum atomic E-state index is 0.834. The molecule has 0 aliphatic heterocycles. The molecule has 0 aliphatic carbocycles. The molecule has 1 heterocycles. The zero-order chi connectivity index (χ0) is 13.5. The van der Waals surface area contributed by atoms with E-state index in [-0.39, 0.29) is 0 Å². The number of thiophene rings is 1. The molecular weight excluding hydrogens is 278 g/mol. The molecule has 0 spiro atoms. The second-order valence-corrected chi connectivity index (χ2v) is 5.99. The summed E-state index contributed by atoms with van der Waals surface area (Å²) in [5.74, 6) is 0. The van der Waals surface area contributed by atoms with Crippen LogP contribution in [0.25, 0.3) is 10.1 Å². The van der Waals surface area contributed by atoms with Crippen molar-refractivity contribution in [2.45, 2.75) is 26.3 Å². The molecule has 0 fully saturated rings. The van der Waals surface area contributed by atoms with Gasteiger partial charge in [0.05, 0.1) is 5.02 Å². The lowest BCUT2D eigenvalue weighted by Gasteiger charge is -2.04. The lowest BCUT2D eigenvalue weighted by molar-refractivity contribution is 0.132. The van der Waals surface area contributed by atoms with Crippen molar-refractivity contribution in [2.24, 2.45) is 0 Å². The fourth-order valence-corrected chi connectivity index (χ4v) is 3.40. The number of rotatable bonds is 8. The van der Waals surface area contributed by atoms with Crippen LogP contribution in [0.5, 0.6) is 0 Å². The van der Waals surface area contributed by atoms with Crippen LogP contribution in [0.1, 0.15) is 24.6 Å². The first-order chi connectivity index (χ1) is 9.33. The van der Waals surface area contributed by atoms with Crippen molar-refractivity contribution in [3.8, 4) is 0 Å². The molecule has 0 saturated carbocycles. The minimum absolute atomic E-state index is 0.834. The van der Waals surface area contributed by atoms with Crippen LogP contribution in [0.4, 0.5) is 0 Å². The number of fused-ring (bicyclic) bond motifs is 1. The van der Waals surface area contributed by atoms with E-state index in [2.05, 4.69) is 30.4 Å². The van der Waals surface area contributed by atoms with Gasteiger partial charge in [-0.3, -0.25) is 0 Å². The molecule has 2 rings (SSSR count). The third-order valence-electron chi connectivity index (χ3n) is 2.88. The standard InChI is InChI=1S/C15H20ClNOS/c1-2-9-18-10-5-8-17-11-14-15(16)12-6-3-4-7-13(12)19-14/h3-4,6-7,17H,2,5,8-11H2,1H3. The lowest BCUT2D eigenvalue weighted by atomic mass is 10.2. The van der Waals surface area contributed by atoms with Gasteiger partial charge in [0.15, 0.2) is 0 Å². The van der Waals surface area contributed by atoms with E-state index in [0.29, 0.717) is 0 Å². The highest BCUT2D eigenvalue weighted by Crippen LogP contribution is 2.34. The molecule has 2 nitrogen and oxygen atoms in total. The van der Waals surface area contributed by atoms with E-state index in [1.54, 1.807) is 11.3 Å². The van der Waals surface area contributed by atoms with Gasteiger partial charge in [0, 0.05) is 34.7 Å². The Hall–Kier alpha value is -0.610. The maximum atomic E-state index is 6.38. The molecular formula is C15H20ClNOS. The first kappa shape index (κ1) is 14.8. The van der Waals surface area contributed by atoms with Crippen molar-refractivity contribution in [1.82, 2.24) is 5.32 Å². The largest absolute Gasteiger partial charge is 0.381 e. The summed E-state index contributed by atoms with van der Waals surface area (Å²) in [7, 11) is 0. The summed E-state index contributed by atoms with van der Waals surface area (Å²) in [6.45, 7) is 5.63. The maximum absolute atomic E-state index is 6.38. The minimum Gasteiger partial charge on any atom is -0.381 e. The van der Waals surface area contributed by atoms with E-state index in [4.69, 9.17) is 16.3 Å². The van der Waals surface area contributed by atoms with Crippen LogP contribution in [0.3, 0.4) is 0 Å². The van der Waals surface area contributed by atoms with Crippen molar-refractivity contribution in [3.63, 3.8) is 0 Å². The number of hydrogen-bond acceptors (Lipinski definition) is 3. The number of benzene rings is 1. The second-order valence-electron chi connectivity index (χ2n) is 4.48. The maximum Gasteiger partial charge on any atom is 0.0636 e. The first-order valence-corrected chi connectivity index (χ1v) is 7.96. The molecule has 0 unspecified atom stereocenters. The quantitative estimate of drug-likeness (QED) is 0.726. The zero-order valence-corrected chi connectivity index (χ0v) is 12.8. The number of ether oxygens (including phenoxy) is 1. The average Bonchev–Trinajstić information content (AvgIpc) is 2.75. The van der Waals surface area contributed by atoms with E-state index in [9.17, 15) is 0 Å². The molecule has 4 heteroatoms. The van der Waals surface area contributed by atoms with Gasteiger partial charge in [0.2, 0.25) is 0 Å². The van der Waals surface area contributed by atoms with Gasteiger partial charge in [-0.2, -0.15) is 0 Å². The zero-order valence-electron chi connectivity index (χ0n) is 11.2. The van der Waals surface area contributed by atoms with Crippen LogP contribution in [0.15, 0.2) is 24.3 Å². The third kappa shape index (κ3) is 4.18. The molecule has 0 amide bonds. The Balaban J connectivity index is 1.77. The van der Waals surface area contributed by atoms with Gasteiger partial charge in [0.25, 0.3) is 0 Å². The van der Waals surface area contributed by atoms with Gasteiger partial charge < -0.3 is 10.1 Å². The van der Waals surface area contributed by atoms with Gasteiger partial charge in [-0.15, -0.1) is 11.3 Å². The van der Waals surface area contributed by atoms with Crippen molar-refractivity contribution >= 4 is 33.0 Å². The van der Waals surface area contributed by atoms with Crippen molar-refractivity contribution in [2.75, 3.05) is 19.8 Å². The molecule has 1 aromatic carbocycles. The van der Waals surface area contributed by atoms with Crippen molar-refractivity contribution in [1.29, 1.82) is 0 Å². The molecule has 2 aromatic rings. The van der Waals surface area contributed by atoms with E-state index in [1.807, 2.05) is 6.07 Å². The predicted octanol–water partition coefficient (Wildman–Crippen LogP) is 4.46. The molecule has 0 atom stereocenters. The topological polar surface area (TPSA) is 21.3 Å². The van der Waals surface area contributed by atoms with Crippen LogP contribution in [0, 0.1) is 0 Å². The van der Waals surface area contributed by atoms with Gasteiger partial charge in [0.1, 0.15) is 0 Å². The Morgan fingerprint density at radius 3 is 2.89 bits per heavy atom. The first-order valence-electron chi connectivity index (χ1n) is 6.77. The van der Waals surface area contributed by atoms with Crippen LogP contribution in [0.2, 0.25) is 5.02 Å². The Morgan fingerprint density at radius 2 is 2.11 bits per heavy atom. The number of hydrogen-bond donors (Lipinski definition) is 1. The highest BCUT2D eigenvalue weighted by molar-refractivity contribution is 7.19. The monoisotopic (exact) mass is 297 g/mol. The molecule has 0 aliphatic rings. The van der Waals surface area contributed by atoms with Crippen LogP contribution in [-0.4, -0.2) is 19.8 Å². The summed E-state index contributed by atoms with van der Waals surface area (Å²) in [5, 5.41) is 5.49. The highest BCUT2D eigenvalue weighted by Gasteiger charge is 2.08. The molecule has 0 bridgehead atoms. The molecule has 0 radical (unpaired) electrons. The van der Waals surface area contributed by atoms with E-state index >= 15 is 0 Å². The fourth-order valence-electron chi connectivity index (χ4n) is 1.93. The Morgan fingerprint density at radius 1 is 1.26 bits per heavy atom. The summed E-state index contributed by atoms with van der Waals surface area (Å²) < 4.78 is 6.70. The summed E-state index contributed by atoms with van der Waals surface area (Å²) in [6, 6.07) is 8.28. The Bertz CT molecular complexity index is 512. The second kappa shape index (κ2) is 7.85. The molecule has 104 valence electrons. The molecule has 1 aromatic heterocycles. The SMILES string of the molecule is CCCOCCCNCc1sc2ccccc2c1Cl. The van der Waals surface area contributed by atoms with Crippen molar-refractivity contribution in [3.05, 3.63) is 34.2 Å². The Kier molecular flexibility index (Phi) is 6.11. The normalized spacial score (nSPS) is 11.3. The number of nitrogens with one attached hydrogen (secondary N) is 1. The average molecular weight is 298 g/mol. The highest BCUT2D eigenvalue weighted by atomic mass is 35.5. The van der Waals surface area contributed by atoms with Gasteiger partial charge in [-0.05, 0) is 25.5 Å². The molecule has 19 heavy (non-hydrogen) atoms. The molecule has 1 N–H and O–H groups in total. The van der Waals surface area contributed by atoms with E-state index in [1.165, 1.54) is 9.58 Å². The summed E-state index contributed by atoms with van der Waals surface area (Å²) in [6.07, 6.45) is 2.13. The fraction of sp³-hybridized carbons (Fsp3) is 0.467. The predicted molar refractivity (Wildman–Crippen MR) is 84.3 cm³/mol. The van der Waals surface area contributed by atoms with Gasteiger partial charge >= 0.3 is 0 Å². The number of halogens is 1. The third-order valence-corrected chi connectivity index (χ3v) is 4.59. The van der Waals surface area contributed by atoms with E-state index < -0.39 is 0 Å². The van der Waals surface area contributed by atoms with E-state index in [0.717, 1.165) is 49.6 Å². The van der Waals surface area contributed by atoms with Crippen molar-refractivity contribution < 1.29 is 4.74 Å². The molecule has 0 saturated heterocycles. The lowest BCUT2D eigenvalue weighted by Crippen LogP contribution is -2.16. The Labute approximate surface area is 123 Å². The summed E-state index contributed by atoms with van der Waals surface area (Å²) in [4.78, 5) is 1.22. The van der Waals surface area contributed by atoms with Crippen LogP contribution in [-0.2, 0) is 11.3 Å². The summed E-state index contributed by atoms with van der Waals surface area (Å²) in [5.41, 5.74) is 0. The van der Waals surface area contributed by atoms with Crippen LogP contribution >= 0.6 is 22.9 Å². The summed E-state index contributed by atoms with van der Waals surface area (Å²) >= 11 is 8.15. The van der Waals surface area contributed by atoms with Gasteiger partial charge in [-0.25, -0.2) is 0 Å².